The number of allylic oxidation sites excluding steroid dienone is 4. The Morgan fingerprint density at radius 3 is 1.63 bits per heavy atom. The summed E-state index contributed by atoms with van der Waals surface area (Å²) in [5, 5.41) is 4.34. The Morgan fingerprint density at radius 1 is 0.714 bits per heavy atom. The van der Waals surface area contributed by atoms with Crippen molar-refractivity contribution in [1.29, 1.82) is 0 Å². The van der Waals surface area contributed by atoms with Gasteiger partial charge in [0.2, 0.25) is 0 Å². The summed E-state index contributed by atoms with van der Waals surface area (Å²) in [7, 11) is -1.46. The lowest BCUT2D eigenvalue weighted by molar-refractivity contribution is 0.593. The molecule has 0 spiro atoms. The quantitative estimate of drug-likeness (QED) is 0.251. The van der Waals surface area contributed by atoms with Crippen LogP contribution < -0.4 is 21.6 Å². The van der Waals surface area contributed by atoms with E-state index in [4.69, 9.17) is 8.83 Å². The standard InChI is InChI=1S/C31H32O2P2/c1-21-15-22(2)18-26(17-21)34(27-19-23(3)16-24(4)20-27)25(5)28-9-6-10-29(28)35(30-11-7-13-32-30)31-12-8-14-33-31/h6-9,11-20,25H,10H2,1-5H3/t25-/m0/s1. The van der Waals surface area contributed by atoms with Crippen LogP contribution >= 0.6 is 15.8 Å². The molecule has 0 saturated heterocycles. The molecule has 0 unspecified atom stereocenters. The van der Waals surface area contributed by atoms with Crippen LogP contribution in [-0.2, 0) is 0 Å². The molecular weight excluding hydrogens is 466 g/mol. The molecule has 0 fully saturated rings. The zero-order chi connectivity index (χ0) is 24.5. The van der Waals surface area contributed by atoms with E-state index < -0.39 is 15.8 Å². The number of aryl methyl sites for hydroxylation is 4. The minimum Gasteiger partial charge on any atom is -0.464 e. The summed E-state index contributed by atoms with van der Waals surface area (Å²) < 4.78 is 11.9. The van der Waals surface area contributed by atoms with Crippen LogP contribution in [0.4, 0.5) is 0 Å². The van der Waals surface area contributed by atoms with Gasteiger partial charge in [0.25, 0.3) is 0 Å². The molecule has 4 heteroatoms. The first-order valence-electron chi connectivity index (χ1n) is 12.1. The summed E-state index contributed by atoms with van der Waals surface area (Å²) in [5.74, 6) is 0. The lowest BCUT2D eigenvalue weighted by atomic mass is 10.2. The second-order valence-corrected chi connectivity index (χ2v) is 14.1. The summed E-state index contributed by atoms with van der Waals surface area (Å²) in [4.78, 5) is 0. The predicted molar refractivity (Wildman–Crippen MR) is 152 cm³/mol. The van der Waals surface area contributed by atoms with E-state index in [1.165, 1.54) is 43.8 Å². The van der Waals surface area contributed by atoms with Crippen molar-refractivity contribution in [3.05, 3.63) is 118 Å². The molecule has 0 radical (unpaired) electrons. The molecule has 1 aliphatic carbocycles. The second-order valence-electron chi connectivity index (χ2n) is 9.48. The first-order valence-corrected chi connectivity index (χ1v) is 14.9. The SMILES string of the molecule is Cc1cc(C)cc(P(c2cc(C)cc(C)c2)[C@@H](C)C2=C(P(c3ccco3)c3ccco3)CC=C2)c1. The molecule has 2 aromatic heterocycles. The number of rotatable bonds is 7. The van der Waals surface area contributed by atoms with Gasteiger partial charge in [-0.1, -0.05) is 77.7 Å². The van der Waals surface area contributed by atoms with Crippen molar-refractivity contribution in [1.82, 2.24) is 0 Å². The van der Waals surface area contributed by atoms with E-state index in [0.717, 1.165) is 17.4 Å². The van der Waals surface area contributed by atoms with Gasteiger partial charge in [0, 0.05) is 5.66 Å². The average Bonchev–Trinajstić information content (AvgIpc) is 3.57. The zero-order valence-corrected chi connectivity index (χ0v) is 22.9. The average molecular weight is 499 g/mol. The first-order chi connectivity index (χ1) is 16.9. The minimum atomic E-state index is -0.843. The third-order valence-corrected chi connectivity index (χ3v) is 11.5. The Kier molecular flexibility index (Phi) is 6.97. The van der Waals surface area contributed by atoms with Gasteiger partial charge in [0.05, 0.1) is 20.4 Å². The Morgan fingerprint density at radius 2 is 1.20 bits per heavy atom. The van der Waals surface area contributed by atoms with Crippen LogP contribution in [0.3, 0.4) is 0 Å². The lowest BCUT2D eigenvalue weighted by Crippen LogP contribution is -2.23. The fourth-order valence-electron chi connectivity index (χ4n) is 5.20. The van der Waals surface area contributed by atoms with Crippen molar-refractivity contribution in [3.8, 4) is 0 Å². The third kappa shape index (κ3) is 5.02. The molecule has 4 aromatic rings. The van der Waals surface area contributed by atoms with E-state index in [0.29, 0.717) is 5.66 Å². The summed E-state index contributed by atoms with van der Waals surface area (Å²) in [6, 6.07) is 22.3. The molecule has 0 aliphatic heterocycles. The van der Waals surface area contributed by atoms with Gasteiger partial charge in [-0.15, -0.1) is 0 Å². The van der Waals surface area contributed by atoms with Crippen molar-refractivity contribution in [3.63, 3.8) is 0 Å². The summed E-state index contributed by atoms with van der Waals surface area (Å²) >= 11 is 0. The van der Waals surface area contributed by atoms with E-state index in [1.54, 1.807) is 12.5 Å². The van der Waals surface area contributed by atoms with Crippen molar-refractivity contribution in [2.75, 3.05) is 0 Å². The van der Waals surface area contributed by atoms with Gasteiger partial charge in [0.15, 0.2) is 0 Å². The second kappa shape index (κ2) is 10.1. The lowest BCUT2D eigenvalue weighted by Gasteiger charge is -2.29. The Hall–Kier alpha value is -2.66. The van der Waals surface area contributed by atoms with Crippen LogP contribution in [0.2, 0.25) is 0 Å². The number of benzene rings is 2. The summed E-state index contributed by atoms with van der Waals surface area (Å²) in [6.07, 6.45) is 9.17. The highest BCUT2D eigenvalue weighted by atomic mass is 31.1. The van der Waals surface area contributed by atoms with Gasteiger partial charge >= 0.3 is 0 Å². The van der Waals surface area contributed by atoms with Crippen LogP contribution in [0.1, 0.15) is 35.6 Å². The van der Waals surface area contributed by atoms with Crippen LogP contribution in [-0.4, -0.2) is 5.66 Å². The van der Waals surface area contributed by atoms with Crippen molar-refractivity contribution in [2.45, 2.75) is 46.7 Å². The van der Waals surface area contributed by atoms with Gasteiger partial charge < -0.3 is 8.83 Å². The minimum absolute atomic E-state index is 0.357. The van der Waals surface area contributed by atoms with E-state index >= 15 is 0 Å². The highest BCUT2D eigenvalue weighted by molar-refractivity contribution is 7.76. The maximum atomic E-state index is 5.96. The van der Waals surface area contributed by atoms with Gasteiger partial charge in [0.1, 0.15) is 11.0 Å². The number of furan rings is 2. The van der Waals surface area contributed by atoms with Gasteiger partial charge in [-0.05, 0) is 87.8 Å². The maximum absolute atomic E-state index is 5.96. The zero-order valence-electron chi connectivity index (χ0n) is 21.1. The third-order valence-electron chi connectivity index (χ3n) is 6.47. The fraction of sp³-hybridized carbons (Fsp3) is 0.226. The van der Waals surface area contributed by atoms with Crippen LogP contribution in [0.5, 0.6) is 0 Å². The molecule has 5 rings (SSSR count). The molecular formula is C31H32O2P2. The van der Waals surface area contributed by atoms with Gasteiger partial charge in [-0.3, -0.25) is 0 Å². The molecule has 0 N–H and O–H groups in total. The van der Waals surface area contributed by atoms with Gasteiger partial charge in [-0.25, -0.2) is 0 Å². The summed E-state index contributed by atoms with van der Waals surface area (Å²) in [6.45, 7) is 11.3. The Bertz CT molecular complexity index is 1250. The van der Waals surface area contributed by atoms with Crippen LogP contribution in [0.15, 0.2) is 105 Å². The highest BCUT2D eigenvalue weighted by Gasteiger charge is 2.33. The maximum Gasteiger partial charge on any atom is 0.137 e. The number of hydrogen-bond acceptors (Lipinski definition) is 2. The molecule has 1 aliphatic rings. The molecule has 1 atom stereocenters. The molecule has 178 valence electrons. The van der Waals surface area contributed by atoms with Crippen molar-refractivity contribution < 1.29 is 8.83 Å². The van der Waals surface area contributed by atoms with E-state index in [2.05, 4.69) is 95.3 Å². The monoisotopic (exact) mass is 498 g/mol. The molecule has 0 bridgehead atoms. The Balaban J connectivity index is 1.67. The van der Waals surface area contributed by atoms with E-state index in [-0.39, 0.29) is 0 Å². The van der Waals surface area contributed by atoms with Crippen LogP contribution in [0, 0.1) is 27.7 Å². The number of hydrogen-bond donors (Lipinski definition) is 0. The molecule has 0 saturated carbocycles. The fourth-order valence-corrected chi connectivity index (χ4v) is 10.7. The van der Waals surface area contributed by atoms with Crippen LogP contribution in [0.25, 0.3) is 0 Å². The van der Waals surface area contributed by atoms with E-state index in [9.17, 15) is 0 Å². The summed E-state index contributed by atoms with van der Waals surface area (Å²) in [5.41, 5.74) is 9.11. The van der Waals surface area contributed by atoms with Gasteiger partial charge in [-0.2, -0.15) is 0 Å². The molecule has 2 aromatic carbocycles. The highest BCUT2D eigenvalue weighted by Crippen LogP contribution is 2.54. The normalized spacial score (nSPS) is 14.5. The molecule has 35 heavy (non-hydrogen) atoms. The van der Waals surface area contributed by atoms with Crippen molar-refractivity contribution >= 4 is 37.5 Å². The topological polar surface area (TPSA) is 26.3 Å². The molecule has 2 nitrogen and oxygen atoms in total. The molecule has 0 amide bonds. The van der Waals surface area contributed by atoms with E-state index in [1.807, 2.05) is 12.1 Å². The van der Waals surface area contributed by atoms with Crippen molar-refractivity contribution in [2.24, 2.45) is 0 Å². The first kappa shape index (κ1) is 24.1. The molecule has 2 heterocycles. The smallest absolute Gasteiger partial charge is 0.137 e. The Labute approximate surface area is 211 Å². The predicted octanol–water partition coefficient (Wildman–Crippen LogP) is 7.27. The largest absolute Gasteiger partial charge is 0.464 e.